The van der Waals surface area contributed by atoms with Gasteiger partial charge in [-0.25, -0.2) is 4.98 Å². The van der Waals surface area contributed by atoms with Crippen LogP contribution in [0.2, 0.25) is 0 Å². The number of benzene rings is 1. The molecule has 8 heteroatoms. The number of aromatic nitrogens is 1. The molecule has 0 saturated carbocycles. The van der Waals surface area contributed by atoms with E-state index in [0.29, 0.717) is 18.7 Å². The molecule has 0 aliphatic rings. The van der Waals surface area contributed by atoms with E-state index >= 15 is 0 Å². The first kappa shape index (κ1) is 17.7. The SMILES string of the molecule is COCCNC(=O)c1ccc(Nc2ccccc2C(F)(F)F)nc1. The molecule has 2 rings (SSSR count). The zero-order valence-electron chi connectivity index (χ0n) is 12.9. The number of hydrogen-bond donors (Lipinski definition) is 2. The molecule has 0 aliphatic carbocycles. The van der Waals surface area contributed by atoms with Gasteiger partial charge in [0.05, 0.1) is 23.4 Å². The summed E-state index contributed by atoms with van der Waals surface area (Å²) >= 11 is 0. The van der Waals surface area contributed by atoms with Crippen molar-refractivity contribution in [1.29, 1.82) is 0 Å². The van der Waals surface area contributed by atoms with Gasteiger partial charge >= 0.3 is 6.18 Å². The average molecular weight is 339 g/mol. The number of nitrogens with one attached hydrogen (secondary N) is 2. The van der Waals surface area contributed by atoms with Crippen molar-refractivity contribution in [2.24, 2.45) is 0 Å². The number of anilines is 2. The number of rotatable bonds is 6. The summed E-state index contributed by atoms with van der Waals surface area (Å²) in [5.74, 6) is -0.123. The Morgan fingerprint density at radius 2 is 1.96 bits per heavy atom. The first-order valence-electron chi connectivity index (χ1n) is 7.08. The second-order valence-corrected chi connectivity index (χ2v) is 4.85. The molecule has 1 amide bonds. The van der Waals surface area contributed by atoms with Crippen molar-refractivity contribution in [2.75, 3.05) is 25.6 Å². The highest BCUT2D eigenvalue weighted by Crippen LogP contribution is 2.35. The van der Waals surface area contributed by atoms with E-state index in [1.54, 1.807) is 0 Å². The van der Waals surface area contributed by atoms with Crippen LogP contribution in [0.5, 0.6) is 0 Å². The van der Waals surface area contributed by atoms with Crippen molar-refractivity contribution in [3.05, 3.63) is 53.7 Å². The van der Waals surface area contributed by atoms with Gasteiger partial charge in [-0.05, 0) is 24.3 Å². The summed E-state index contributed by atoms with van der Waals surface area (Å²) in [6.07, 6.45) is -3.18. The molecule has 2 N–H and O–H groups in total. The quantitative estimate of drug-likeness (QED) is 0.793. The fourth-order valence-electron chi connectivity index (χ4n) is 1.95. The molecule has 0 atom stereocenters. The largest absolute Gasteiger partial charge is 0.418 e. The van der Waals surface area contributed by atoms with E-state index < -0.39 is 11.7 Å². The molecule has 0 spiro atoms. The Balaban J connectivity index is 2.09. The first-order valence-corrected chi connectivity index (χ1v) is 7.08. The molecule has 1 aromatic carbocycles. The smallest absolute Gasteiger partial charge is 0.383 e. The van der Waals surface area contributed by atoms with Gasteiger partial charge < -0.3 is 15.4 Å². The summed E-state index contributed by atoms with van der Waals surface area (Å²) in [5, 5.41) is 5.24. The van der Waals surface area contributed by atoms with Crippen molar-refractivity contribution in [3.8, 4) is 0 Å². The molecule has 0 radical (unpaired) electrons. The van der Waals surface area contributed by atoms with Crippen LogP contribution in [-0.4, -0.2) is 31.2 Å². The van der Waals surface area contributed by atoms with Gasteiger partial charge in [-0.3, -0.25) is 4.79 Å². The fraction of sp³-hybridized carbons (Fsp3) is 0.250. The molecule has 24 heavy (non-hydrogen) atoms. The third-order valence-electron chi connectivity index (χ3n) is 3.11. The number of carbonyl (C=O) groups is 1. The number of carbonyl (C=O) groups excluding carboxylic acids is 1. The van der Waals surface area contributed by atoms with Crippen molar-refractivity contribution in [3.63, 3.8) is 0 Å². The van der Waals surface area contributed by atoms with E-state index in [1.807, 2.05) is 0 Å². The molecule has 0 unspecified atom stereocenters. The third kappa shape index (κ3) is 4.69. The Kier molecular flexibility index (Phi) is 5.75. The molecular formula is C16H16F3N3O2. The van der Waals surface area contributed by atoms with E-state index in [0.717, 1.165) is 6.07 Å². The van der Waals surface area contributed by atoms with Crippen LogP contribution in [0.25, 0.3) is 0 Å². The number of halogens is 3. The van der Waals surface area contributed by atoms with Gasteiger partial charge in [0.2, 0.25) is 0 Å². The Morgan fingerprint density at radius 3 is 2.58 bits per heavy atom. The number of methoxy groups -OCH3 is 1. The number of alkyl halides is 3. The van der Waals surface area contributed by atoms with Crippen LogP contribution in [0, 0.1) is 0 Å². The summed E-state index contributed by atoms with van der Waals surface area (Å²) in [6.45, 7) is 0.737. The van der Waals surface area contributed by atoms with Crippen LogP contribution in [0.3, 0.4) is 0 Å². The van der Waals surface area contributed by atoms with Gasteiger partial charge in [0.15, 0.2) is 0 Å². The molecule has 5 nitrogen and oxygen atoms in total. The maximum Gasteiger partial charge on any atom is 0.418 e. The van der Waals surface area contributed by atoms with Gasteiger partial charge in [0, 0.05) is 19.9 Å². The molecule has 0 aliphatic heterocycles. The molecule has 0 saturated heterocycles. The standard InChI is InChI=1S/C16H16F3N3O2/c1-24-9-8-20-15(23)11-6-7-14(21-10-11)22-13-5-3-2-4-12(13)16(17,18)19/h2-7,10H,8-9H2,1H3,(H,20,23)(H,21,22). The van der Waals surface area contributed by atoms with E-state index in [-0.39, 0.29) is 17.4 Å². The van der Waals surface area contributed by atoms with Crippen molar-refractivity contribution < 1.29 is 22.7 Å². The highest BCUT2D eigenvalue weighted by molar-refractivity contribution is 5.94. The number of ether oxygens (including phenoxy) is 1. The lowest BCUT2D eigenvalue weighted by Crippen LogP contribution is -2.27. The number of para-hydroxylation sites is 1. The maximum absolute atomic E-state index is 12.9. The number of pyridine rings is 1. The second kappa shape index (κ2) is 7.78. The maximum atomic E-state index is 12.9. The van der Waals surface area contributed by atoms with Crippen LogP contribution in [0.15, 0.2) is 42.6 Å². The summed E-state index contributed by atoms with van der Waals surface area (Å²) in [5.41, 5.74) is -0.580. The van der Waals surface area contributed by atoms with Crippen LogP contribution in [0.4, 0.5) is 24.7 Å². The molecular weight excluding hydrogens is 323 g/mol. The van der Waals surface area contributed by atoms with E-state index in [2.05, 4.69) is 15.6 Å². The summed E-state index contributed by atoms with van der Waals surface area (Å²) in [4.78, 5) is 15.8. The summed E-state index contributed by atoms with van der Waals surface area (Å²) < 4.78 is 43.7. The minimum Gasteiger partial charge on any atom is -0.383 e. The number of hydrogen-bond acceptors (Lipinski definition) is 4. The zero-order chi connectivity index (χ0) is 17.6. The van der Waals surface area contributed by atoms with Gasteiger partial charge in [0.25, 0.3) is 5.91 Å². The highest BCUT2D eigenvalue weighted by Gasteiger charge is 2.33. The van der Waals surface area contributed by atoms with Gasteiger partial charge in [-0.15, -0.1) is 0 Å². The molecule has 1 aromatic heterocycles. The van der Waals surface area contributed by atoms with Crippen LogP contribution in [-0.2, 0) is 10.9 Å². The lowest BCUT2D eigenvalue weighted by Gasteiger charge is -2.14. The summed E-state index contributed by atoms with van der Waals surface area (Å²) in [6, 6.07) is 8.03. The average Bonchev–Trinajstić information content (AvgIpc) is 2.55. The Morgan fingerprint density at radius 1 is 1.21 bits per heavy atom. The minimum absolute atomic E-state index is 0.102. The Hall–Kier alpha value is -2.61. The Labute approximate surface area is 136 Å². The monoisotopic (exact) mass is 339 g/mol. The lowest BCUT2D eigenvalue weighted by molar-refractivity contribution is -0.136. The molecule has 0 bridgehead atoms. The topological polar surface area (TPSA) is 63.2 Å². The van der Waals surface area contributed by atoms with Crippen molar-refractivity contribution in [1.82, 2.24) is 10.3 Å². The van der Waals surface area contributed by atoms with Gasteiger partial charge in [-0.1, -0.05) is 12.1 Å². The zero-order valence-corrected chi connectivity index (χ0v) is 12.9. The number of amides is 1. The predicted octanol–water partition coefficient (Wildman–Crippen LogP) is 3.22. The normalized spacial score (nSPS) is 11.2. The van der Waals surface area contributed by atoms with Crippen LogP contribution in [0.1, 0.15) is 15.9 Å². The molecule has 128 valence electrons. The summed E-state index contributed by atoms with van der Waals surface area (Å²) in [7, 11) is 1.52. The van der Waals surface area contributed by atoms with Crippen LogP contribution < -0.4 is 10.6 Å². The van der Waals surface area contributed by atoms with Gasteiger partial charge in [-0.2, -0.15) is 13.2 Å². The third-order valence-corrected chi connectivity index (χ3v) is 3.11. The van der Waals surface area contributed by atoms with Gasteiger partial charge in [0.1, 0.15) is 5.82 Å². The van der Waals surface area contributed by atoms with Crippen molar-refractivity contribution in [2.45, 2.75) is 6.18 Å². The number of nitrogens with zero attached hydrogens (tertiary/aromatic N) is 1. The molecule has 0 fully saturated rings. The Bertz CT molecular complexity index is 688. The lowest BCUT2D eigenvalue weighted by atomic mass is 10.1. The van der Waals surface area contributed by atoms with Crippen LogP contribution >= 0.6 is 0 Å². The fourth-order valence-corrected chi connectivity index (χ4v) is 1.95. The van der Waals surface area contributed by atoms with Crippen molar-refractivity contribution >= 4 is 17.4 Å². The first-order chi connectivity index (χ1) is 11.4. The van der Waals surface area contributed by atoms with E-state index in [1.165, 1.54) is 43.6 Å². The molecule has 1 heterocycles. The predicted molar refractivity (Wildman–Crippen MR) is 83.2 cm³/mol. The minimum atomic E-state index is -4.47. The van der Waals surface area contributed by atoms with E-state index in [4.69, 9.17) is 4.74 Å². The van der Waals surface area contributed by atoms with E-state index in [9.17, 15) is 18.0 Å². The highest BCUT2D eigenvalue weighted by atomic mass is 19.4. The second-order valence-electron chi connectivity index (χ2n) is 4.85. The molecule has 2 aromatic rings.